The highest BCUT2D eigenvalue weighted by Crippen LogP contribution is 1.88. The van der Waals surface area contributed by atoms with Gasteiger partial charge in [0.05, 0.1) is 92.0 Å². The van der Waals surface area contributed by atoms with Gasteiger partial charge in [0.15, 0.2) is 0 Å². The van der Waals surface area contributed by atoms with Crippen molar-refractivity contribution in [2.75, 3.05) is 106 Å². The monoisotopic (exact) mass is 483 g/mol. The second kappa shape index (κ2) is 25.2. The number of carboxylic acids is 1. The molecule has 0 saturated heterocycles. The van der Waals surface area contributed by atoms with Gasteiger partial charge in [0.2, 0.25) is 5.91 Å². The first-order valence-electron chi connectivity index (χ1n) is 11.2. The summed E-state index contributed by atoms with van der Waals surface area (Å²) in [5.74, 6) is -1.51. The van der Waals surface area contributed by atoms with Gasteiger partial charge in [-0.3, -0.25) is 4.79 Å². The summed E-state index contributed by atoms with van der Waals surface area (Å²) in [6, 6.07) is 0. The van der Waals surface area contributed by atoms with Crippen molar-refractivity contribution in [1.29, 1.82) is 0 Å². The Hall–Kier alpha value is -1.38. The normalized spacial score (nSPS) is 11.2. The summed E-state index contributed by atoms with van der Waals surface area (Å²) in [6.07, 6.45) is 0.222. The summed E-state index contributed by atoms with van der Waals surface area (Å²) >= 11 is 0. The molecular formula is C21H41NO11. The third-order valence-electron chi connectivity index (χ3n) is 3.57. The van der Waals surface area contributed by atoms with E-state index in [4.69, 9.17) is 38.3 Å². The minimum Gasteiger partial charge on any atom is -0.480 e. The fraction of sp³-hybridized carbons (Fsp3) is 0.905. The van der Waals surface area contributed by atoms with E-state index in [0.29, 0.717) is 92.4 Å². The molecule has 0 aliphatic heterocycles. The van der Waals surface area contributed by atoms with Crippen LogP contribution in [0, 0.1) is 0 Å². The third-order valence-corrected chi connectivity index (χ3v) is 3.57. The average Bonchev–Trinajstić information content (AvgIpc) is 2.76. The van der Waals surface area contributed by atoms with Gasteiger partial charge in [-0.2, -0.15) is 0 Å². The molecule has 0 atom stereocenters. The van der Waals surface area contributed by atoms with Crippen LogP contribution >= 0.6 is 0 Å². The first-order valence-corrected chi connectivity index (χ1v) is 11.2. The van der Waals surface area contributed by atoms with E-state index >= 15 is 0 Å². The highest BCUT2D eigenvalue weighted by atomic mass is 16.6. The van der Waals surface area contributed by atoms with Crippen LogP contribution in [0.15, 0.2) is 0 Å². The molecule has 12 heteroatoms. The molecule has 33 heavy (non-hydrogen) atoms. The van der Waals surface area contributed by atoms with E-state index in [1.54, 1.807) is 0 Å². The summed E-state index contributed by atoms with van der Waals surface area (Å²) in [6.45, 7) is 9.76. The maximum Gasteiger partial charge on any atom is 0.329 e. The molecule has 0 bridgehead atoms. The van der Waals surface area contributed by atoms with Gasteiger partial charge >= 0.3 is 5.97 Å². The van der Waals surface area contributed by atoms with E-state index in [-0.39, 0.29) is 12.7 Å². The van der Waals surface area contributed by atoms with Crippen LogP contribution in [0.25, 0.3) is 0 Å². The molecule has 0 heterocycles. The average molecular weight is 484 g/mol. The van der Waals surface area contributed by atoms with Gasteiger partial charge in [-0.25, -0.2) is 4.79 Å². The Morgan fingerprint density at radius 2 is 1.00 bits per heavy atom. The molecule has 1 amide bonds. The Balaban J connectivity index is 3.10. The van der Waals surface area contributed by atoms with E-state index in [1.165, 1.54) is 0 Å². The summed E-state index contributed by atoms with van der Waals surface area (Å²) in [5, 5.41) is 10.9. The molecule has 0 aromatic rings. The Kier molecular flexibility index (Phi) is 24.2. The Labute approximate surface area is 196 Å². The van der Waals surface area contributed by atoms with Crippen molar-refractivity contribution in [3.05, 3.63) is 0 Å². The predicted octanol–water partition coefficient (Wildman–Crippen LogP) is -0.272. The van der Waals surface area contributed by atoms with Crippen molar-refractivity contribution >= 4 is 11.9 Å². The quantitative estimate of drug-likeness (QED) is 0.157. The molecule has 2 N–H and O–H groups in total. The van der Waals surface area contributed by atoms with Crippen LogP contribution in [0.5, 0.6) is 0 Å². The van der Waals surface area contributed by atoms with E-state index in [0.717, 1.165) is 0 Å². The van der Waals surface area contributed by atoms with Crippen molar-refractivity contribution in [3.63, 3.8) is 0 Å². The van der Waals surface area contributed by atoms with Crippen LogP contribution in [-0.4, -0.2) is 129 Å². The zero-order chi connectivity index (χ0) is 24.4. The molecule has 0 aliphatic rings. The standard InChI is InChI=1S/C21H41NO11/c1-19(2)33-16-15-31-14-13-30-12-11-29-10-9-28-8-7-27-6-5-26-4-3-22-20(23)17-32-18-21(24)25/h19H,3-18H2,1-2H3,(H,22,23)(H,24,25). The lowest BCUT2D eigenvalue weighted by atomic mass is 10.5. The lowest BCUT2D eigenvalue weighted by molar-refractivity contribution is -0.143. The van der Waals surface area contributed by atoms with Gasteiger partial charge in [-0.05, 0) is 13.8 Å². The second-order valence-electron chi connectivity index (χ2n) is 6.83. The van der Waals surface area contributed by atoms with Crippen molar-refractivity contribution in [1.82, 2.24) is 5.32 Å². The minimum atomic E-state index is -1.12. The van der Waals surface area contributed by atoms with Crippen molar-refractivity contribution in [3.8, 4) is 0 Å². The van der Waals surface area contributed by atoms with Gasteiger partial charge in [-0.1, -0.05) is 0 Å². The third kappa shape index (κ3) is 28.6. The molecule has 196 valence electrons. The molecule has 0 saturated carbocycles. The van der Waals surface area contributed by atoms with Crippen molar-refractivity contribution in [2.24, 2.45) is 0 Å². The number of rotatable bonds is 26. The molecule has 0 unspecified atom stereocenters. The molecule has 0 fully saturated rings. The maximum atomic E-state index is 11.3. The number of hydrogen-bond donors (Lipinski definition) is 2. The number of carbonyl (C=O) groups is 2. The van der Waals surface area contributed by atoms with Gasteiger partial charge < -0.3 is 48.3 Å². The number of carboxylic acid groups (broad SMARTS) is 1. The fourth-order valence-electron chi connectivity index (χ4n) is 2.09. The largest absolute Gasteiger partial charge is 0.480 e. The Morgan fingerprint density at radius 3 is 1.39 bits per heavy atom. The zero-order valence-corrected chi connectivity index (χ0v) is 19.9. The van der Waals surface area contributed by atoms with Crippen LogP contribution in [0.2, 0.25) is 0 Å². The van der Waals surface area contributed by atoms with Crippen LogP contribution in [0.4, 0.5) is 0 Å². The topological polar surface area (TPSA) is 140 Å². The smallest absolute Gasteiger partial charge is 0.329 e. The SMILES string of the molecule is CC(C)OCCOCCOCCOCCOCCOCCOCCNC(=O)COCC(=O)O. The van der Waals surface area contributed by atoms with Crippen molar-refractivity contribution < 1.29 is 52.6 Å². The fourth-order valence-corrected chi connectivity index (χ4v) is 2.09. The lowest BCUT2D eigenvalue weighted by Gasteiger charge is -2.09. The first kappa shape index (κ1) is 31.6. The van der Waals surface area contributed by atoms with Crippen LogP contribution < -0.4 is 5.32 Å². The highest BCUT2D eigenvalue weighted by Gasteiger charge is 2.03. The summed E-state index contributed by atoms with van der Waals surface area (Å²) in [7, 11) is 0. The molecule has 0 aliphatic carbocycles. The first-order chi connectivity index (χ1) is 16.0. The lowest BCUT2D eigenvalue weighted by Crippen LogP contribution is -2.31. The number of amides is 1. The summed E-state index contributed by atoms with van der Waals surface area (Å²) < 4.78 is 42.2. The second-order valence-corrected chi connectivity index (χ2v) is 6.83. The van der Waals surface area contributed by atoms with E-state index < -0.39 is 18.5 Å². The van der Waals surface area contributed by atoms with Crippen LogP contribution in [0.3, 0.4) is 0 Å². The number of ether oxygens (including phenoxy) is 8. The van der Waals surface area contributed by atoms with Gasteiger partial charge in [0.25, 0.3) is 0 Å². The zero-order valence-electron chi connectivity index (χ0n) is 19.9. The predicted molar refractivity (Wildman–Crippen MR) is 117 cm³/mol. The number of aliphatic carboxylic acids is 1. The van der Waals surface area contributed by atoms with Crippen molar-refractivity contribution in [2.45, 2.75) is 20.0 Å². The minimum absolute atomic E-state index is 0.222. The summed E-state index contributed by atoms with van der Waals surface area (Å²) in [4.78, 5) is 21.5. The Bertz CT molecular complexity index is 452. The van der Waals surface area contributed by atoms with Crippen LogP contribution in [0.1, 0.15) is 13.8 Å². The molecule has 12 nitrogen and oxygen atoms in total. The van der Waals surface area contributed by atoms with E-state index in [2.05, 4.69) is 10.1 Å². The molecular weight excluding hydrogens is 442 g/mol. The maximum absolute atomic E-state index is 11.3. The van der Waals surface area contributed by atoms with E-state index in [9.17, 15) is 9.59 Å². The molecule has 0 aromatic carbocycles. The van der Waals surface area contributed by atoms with Gasteiger partial charge in [0.1, 0.15) is 13.2 Å². The molecule has 0 aromatic heterocycles. The number of nitrogens with one attached hydrogen (secondary N) is 1. The summed E-state index contributed by atoms with van der Waals surface area (Å²) in [5.41, 5.74) is 0. The van der Waals surface area contributed by atoms with Gasteiger partial charge in [0, 0.05) is 6.54 Å². The highest BCUT2D eigenvalue weighted by molar-refractivity contribution is 5.77. The molecule has 0 radical (unpaired) electrons. The van der Waals surface area contributed by atoms with Crippen LogP contribution in [-0.2, 0) is 47.5 Å². The van der Waals surface area contributed by atoms with Gasteiger partial charge in [-0.15, -0.1) is 0 Å². The molecule has 0 rings (SSSR count). The number of hydrogen-bond acceptors (Lipinski definition) is 10. The molecule has 0 spiro atoms. The Morgan fingerprint density at radius 1 is 0.606 bits per heavy atom. The number of carbonyl (C=O) groups excluding carboxylic acids is 1. The van der Waals surface area contributed by atoms with E-state index in [1.807, 2.05) is 13.8 Å².